The molecule has 0 saturated heterocycles. The molecule has 0 radical (unpaired) electrons. The van der Waals surface area contributed by atoms with E-state index in [2.05, 4.69) is 5.32 Å². The molecule has 0 heterocycles. The van der Waals surface area contributed by atoms with E-state index in [-0.39, 0.29) is 12.5 Å². The first-order valence-electron chi connectivity index (χ1n) is 5.93. The molecule has 1 aliphatic carbocycles. The molecule has 6 heteroatoms. The van der Waals surface area contributed by atoms with Gasteiger partial charge in [0.2, 0.25) is 0 Å². The lowest BCUT2D eigenvalue weighted by Crippen LogP contribution is -2.49. The molecule has 0 aliphatic heterocycles. The van der Waals surface area contributed by atoms with Gasteiger partial charge < -0.3 is 5.32 Å². The molecule has 2 nitrogen and oxygen atoms in total. The van der Waals surface area contributed by atoms with Gasteiger partial charge in [0.25, 0.3) is 0 Å². The van der Waals surface area contributed by atoms with E-state index in [1.54, 1.807) is 13.2 Å². The van der Waals surface area contributed by atoms with E-state index in [1.165, 1.54) is 0 Å². The average Bonchev–Trinajstić information content (AvgIpc) is 2.15. The Morgan fingerprint density at radius 2 is 1.94 bits per heavy atom. The lowest BCUT2D eigenvalue weighted by molar-refractivity contribution is -0.189. The smallest absolute Gasteiger partial charge is 0.310 e. The monoisotopic (exact) mass is 271 g/mol. The largest absolute Gasteiger partial charge is 0.393 e. The van der Waals surface area contributed by atoms with Crippen molar-refractivity contribution in [2.24, 2.45) is 5.92 Å². The Morgan fingerprint density at radius 1 is 1.35 bits per heavy atom. The van der Waals surface area contributed by atoms with Crippen molar-refractivity contribution < 1.29 is 17.4 Å². The van der Waals surface area contributed by atoms with E-state index < -0.39 is 28.9 Å². The fourth-order valence-electron chi connectivity index (χ4n) is 2.49. The van der Waals surface area contributed by atoms with Gasteiger partial charge in [-0.15, -0.1) is 0 Å². The minimum atomic E-state index is -4.12. The highest BCUT2D eigenvalue weighted by Gasteiger charge is 2.45. The summed E-state index contributed by atoms with van der Waals surface area (Å²) >= 11 is 0. The maximum Gasteiger partial charge on any atom is 0.393 e. The van der Waals surface area contributed by atoms with Crippen molar-refractivity contribution in [1.82, 2.24) is 5.32 Å². The fourth-order valence-corrected chi connectivity index (χ4v) is 3.29. The molecule has 0 aromatic carbocycles. The van der Waals surface area contributed by atoms with Gasteiger partial charge in [-0.3, -0.25) is 4.21 Å². The maximum absolute atomic E-state index is 12.8. The second-order valence-electron chi connectivity index (χ2n) is 4.85. The van der Waals surface area contributed by atoms with Crippen LogP contribution < -0.4 is 5.32 Å². The Kier molecular flexibility index (Phi) is 5.44. The summed E-state index contributed by atoms with van der Waals surface area (Å²) in [5.41, 5.74) is 0. The standard InChI is InChI=1S/C11H20F3NOS/c1-8(7-17(2)16)15-10-6-4-3-5-9(10)11(12,13)14/h8-10,15H,3-7H2,1-2H3. The van der Waals surface area contributed by atoms with Gasteiger partial charge in [-0.25, -0.2) is 0 Å². The van der Waals surface area contributed by atoms with E-state index in [4.69, 9.17) is 0 Å². The molecule has 1 rings (SSSR count). The molecule has 1 fully saturated rings. The van der Waals surface area contributed by atoms with Crippen molar-refractivity contribution in [3.63, 3.8) is 0 Å². The number of rotatable bonds is 4. The SMILES string of the molecule is CC(CS(C)=O)NC1CCCCC1C(F)(F)F. The third-order valence-corrected chi connectivity index (χ3v) is 4.14. The Balaban J connectivity index is 2.56. The molecular weight excluding hydrogens is 251 g/mol. The minimum absolute atomic E-state index is 0.131. The van der Waals surface area contributed by atoms with Crippen LogP contribution in [0.3, 0.4) is 0 Å². The minimum Gasteiger partial charge on any atom is -0.310 e. The van der Waals surface area contributed by atoms with E-state index >= 15 is 0 Å². The van der Waals surface area contributed by atoms with Gasteiger partial charge in [0, 0.05) is 34.9 Å². The van der Waals surface area contributed by atoms with Crippen LogP contribution in [0.4, 0.5) is 13.2 Å². The maximum atomic E-state index is 12.8. The van der Waals surface area contributed by atoms with Crippen LogP contribution >= 0.6 is 0 Å². The van der Waals surface area contributed by atoms with Crippen LogP contribution in [0, 0.1) is 5.92 Å². The molecule has 102 valence electrons. The predicted octanol–water partition coefficient (Wildman–Crippen LogP) is 2.46. The van der Waals surface area contributed by atoms with Crippen LogP contribution in [0.1, 0.15) is 32.6 Å². The number of nitrogens with one attached hydrogen (secondary N) is 1. The Bertz CT molecular complexity index is 270. The van der Waals surface area contributed by atoms with Crippen LogP contribution in [-0.4, -0.2) is 34.5 Å². The molecule has 0 bridgehead atoms. The highest BCUT2D eigenvalue weighted by atomic mass is 32.2. The number of halogens is 3. The van der Waals surface area contributed by atoms with E-state index in [0.717, 1.165) is 6.42 Å². The summed E-state index contributed by atoms with van der Waals surface area (Å²) in [6, 6.07) is -0.643. The zero-order chi connectivity index (χ0) is 13.1. The van der Waals surface area contributed by atoms with Crippen molar-refractivity contribution in [2.45, 2.75) is 50.9 Å². The topological polar surface area (TPSA) is 29.1 Å². The van der Waals surface area contributed by atoms with Crippen molar-refractivity contribution in [2.75, 3.05) is 12.0 Å². The Labute approximate surface area is 103 Å². The van der Waals surface area contributed by atoms with E-state index in [0.29, 0.717) is 18.6 Å². The summed E-state index contributed by atoms with van der Waals surface area (Å²) in [6.45, 7) is 1.80. The molecular formula is C11H20F3NOS. The molecule has 4 unspecified atom stereocenters. The lowest BCUT2D eigenvalue weighted by Gasteiger charge is -2.35. The summed E-state index contributed by atoms with van der Waals surface area (Å²) in [5, 5.41) is 2.99. The first-order chi connectivity index (χ1) is 7.80. The molecule has 0 aromatic rings. The Hall–Kier alpha value is -0.100. The second-order valence-corrected chi connectivity index (χ2v) is 6.33. The van der Waals surface area contributed by atoms with Gasteiger partial charge in [0.15, 0.2) is 0 Å². The van der Waals surface area contributed by atoms with Crippen LogP contribution in [-0.2, 0) is 10.8 Å². The van der Waals surface area contributed by atoms with Gasteiger partial charge >= 0.3 is 6.18 Å². The van der Waals surface area contributed by atoms with Crippen molar-refractivity contribution in [3.05, 3.63) is 0 Å². The van der Waals surface area contributed by atoms with Gasteiger partial charge in [-0.05, 0) is 19.8 Å². The van der Waals surface area contributed by atoms with Crippen LogP contribution in [0.25, 0.3) is 0 Å². The molecule has 17 heavy (non-hydrogen) atoms. The second kappa shape index (κ2) is 6.18. The molecule has 0 spiro atoms. The van der Waals surface area contributed by atoms with E-state index in [9.17, 15) is 17.4 Å². The first-order valence-corrected chi connectivity index (χ1v) is 7.66. The van der Waals surface area contributed by atoms with Gasteiger partial charge in [0.05, 0.1) is 5.92 Å². The Morgan fingerprint density at radius 3 is 2.47 bits per heavy atom. The van der Waals surface area contributed by atoms with Gasteiger partial charge in [0.1, 0.15) is 0 Å². The summed E-state index contributed by atoms with van der Waals surface area (Å²) in [6.07, 6.45) is -0.292. The highest BCUT2D eigenvalue weighted by Crippen LogP contribution is 2.37. The molecule has 4 atom stereocenters. The average molecular weight is 271 g/mol. The number of alkyl halides is 3. The lowest BCUT2D eigenvalue weighted by atomic mass is 9.83. The van der Waals surface area contributed by atoms with Crippen LogP contribution in [0.5, 0.6) is 0 Å². The molecule has 1 aliphatic rings. The molecule has 1 saturated carbocycles. The van der Waals surface area contributed by atoms with Crippen molar-refractivity contribution >= 4 is 10.8 Å². The third-order valence-electron chi connectivity index (χ3n) is 3.17. The quantitative estimate of drug-likeness (QED) is 0.851. The number of hydrogen-bond donors (Lipinski definition) is 1. The zero-order valence-electron chi connectivity index (χ0n) is 10.2. The summed E-state index contributed by atoms with van der Waals surface area (Å²) in [5.74, 6) is -0.842. The normalized spacial score (nSPS) is 29.9. The van der Waals surface area contributed by atoms with Crippen LogP contribution in [0.15, 0.2) is 0 Å². The number of hydrogen-bond acceptors (Lipinski definition) is 2. The zero-order valence-corrected chi connectivity index (χ0v) is 11.0. The summed E-state index contributed by atoms with van der Waals surface area (Å²) in [7, 11) is -0.976. The van der Waals surface area contributed by atoms with Crippen molar-refractivity contribution in [3.8, 4) is 0 Å². The highest BCUT2D eigenvalue weighted by molar-refractivity contribution is 7.84. The first kappa shape index (κ1) is 15.0. The molecule has 1 N–H and O–H groups in total. The van der Waals surface area contributed by atoms with Gasteiger partial charge in [-0.1, -0.05) is 12.8 Å². The summed E-state index contributed by atoms with van der Waals surface area (Å²) in [4.78, 5) is 0. The van der Waals surface area contributed by atoms with Gasteiger partial charge in [-0.2, -0.15) is 13.2 Å². The molecule has 0 amide bonds. The van der Waals surface area contributed by atoms with Crippen LogP contribution in [0.2, 0.25) is 0 Å². The van der Waals surface area contributed by atoms with E-state index in [1.807, 2.05) is 0 Å². The predicted molar refractivity (Wildman–Crippen MR) is 63.3 cm³/mol. The third kappa shape index (κ3) is 4.95. The summed E-state index contributed by atoms with van der Waals surface area (Å²) < 4.78 is 49.4. The fraction of sp³-hybridized carbons (Fsp3) is 1.00. The van der Waals surface area contributed by atoms with Crippen molar-refractivity contribution in [1.29, 1.82) is 0 Å². The molecule has 0 aromatic heterocycles.